The number of nitrogens with one attached hydrogen (secondary N) is 1. The van der Waals surface area contributed by atoms with Crippen LogP contribution in [0.1, 0.15) is 31.1 Å². The first-order valence-corrected chi connectivity index (χ1v) is 10.8. The highest BCUT2D eigenvalue weighted by atomic mass is 32.1. The molecule has 3 heterocycles. The van der Waals surface area contributed by atoms with E-state index in [2.05, 4.69) is 17.1 Å². The Hall–Kier alpha value is -1.80. The second kappa shape index (κ2) is 8.69. The quantitative estimate of drug-likeness (QED) is 0.806. The summed E-state index contributed by atoms with van der Waals surface area (Å²) in [5, 5.41) is 13.8. The van der Waals surface area contributed by atoms with E-state index in [1.807, 2.05) is 30.3 Å². The first kappa shape index (κ1) is 19.5. The van der Waals surface area contributed by atoms with Crippen LogP contribution < -0.4 is 5.32 Å². The fourth-order valence-corrected chi connectivity index (χ4v) is 5.10. The highest BCUT2D eigenvalue weighted by Gasteiger charge is 2.40. The number of likely N-dealkylation sites (tertiary alicyclic amines) is 1. The van der Waals surface area contributed by atoms with Gasteiger partial charge < -0.3 is 15.2 Å². The van der Waals surface area contributed by atoms with Crippen LogP contribution in [0.15, 0.2) is 30.3 Å². The molecule has 0 saturated carbocycles. The zero-order valence-electron chi connectivity index (χ0n) is 16.1. The van der Waals surface area contributed by atoms with Gasteiger partial charge in [-0.3, -0.25) is 9.69 Å². The molecule has 2 aliphatic rings. The molecule has 2 atom stereocenters. The van der Waals surface area contributed by atoms with Crippen molar-refractivity contribution < 1.29 is 14.6 Å². The lowest BCUT2D eigenvalue weighted by molar-refractivity contribution is -0.121. The molecular weight excluding hydrogens is 374 g/mol. The van der Waals surface area contributed by atoms with Crippen molar-refractivity contribution in [3.63, 3.8) is 0 Å². The van der Waals surface area contributed by atoms with Gasteiger partial charge in [-0.25, -0.2) is 4.98 Å². The molecule has 2 fully saturated rings. The minimum absolute atomic E-state index is 0.0703. The molecule has 0 bridgehead atoms. The summed E-state index contributed by atoms with van der Waals surface area (Å²) in [4.78, 5) is 21.1. The van der Waals surface area contributed by atoms with Crippen LogP contribution in [0, 0.1) is 0 Å². The molecule has 2 saturated heterocycles. The van der Waals surface area contributed by atoms with E-state index in [0.717, 1.165) is 48.6 Å². The third-order valence-corrected chi connectivity index (χ3v) is 6.69. The van der Waals surface area contributed by atoms with Crippen LogP contribution in [0.3, 0.4) is 0 Å². The van der Waals surface area contributed by atoms with Gasteiger partial charge in [-0.2, -0.15) is 0 Å². The van der Waals surface area contributed by atoms with Gasteiger partial charge in [-0.15, -0.1) is 11.3 Å². The Labute approximate surface area is 169 Å². The van der Waals surface area contributed by atoms with E-state index in [0.29, 0.717) is 24.1 Å². The molecule has 2 aromatic rings. The molecule has 2 N–H and O–H groups in total. The first-order chi connectivity index (χ1) is 13.7. The van der Waals surface area contributed by atoms with Crippen LogP contribution in [0.2, 0.25) is 0 Å². The minimum atomic E-state index is -0.457. The number of amides is 1. The lowest BCUT2D eigenvalue weighted by Crippen LogP contribution is -2.47. The minimum Gasteiger partial charge on any atom is -0.392 e. The SMILES string of the molecule is CCc1sc(NC(=O)C2CC(O)CN2C2CCOCC2)nc1-c1ccccc1. The topological polar surface area (TPSA) is 74.7 Å². The highest BCUT2D eigenvalue weighted by Crippen LogP contribution is 2.32. The van der Waals surface area contributed by atoms with Crippen LogP contribution in [0.25, 0.3) is 11.3 Å². The van der Waals surface area contributed by atoms with Crippen LogP contribution in [-0.2, 0) is 16.0 Å². The summed E-state index contributed by atoms with van der Waals surface area (Å²) in [6, 6.07) is 10.0. The molecule has 7 heteroatoms. The van der Waals surface area contributed by atoms with Gasteiger partial charge in [0.1, 0.15) is 0 Å². The molecule has 1 aromatic heterocycles. The number of thiazole rings is 1. The van der Waals surface area contributed by atoms with Crippen molar-refractivity contribution in [1.29, 1.82) is 0 Å². The maximum atomic E-state index is 13.0. The Morgan fingerprint density at radius 1 is 1.32 bits per heavy atom. The highest BCUT2D eigenvalue weighted by molar-refractivity contribution is 7.16. The van der Waals surface area contributed by atoms with E-state index in [1.165, 1.54) is 11.3 Å². The van der Waals surface area contributed by atoms with Crippen molar-refractivity contribution in [3.05, 3.63) is 35.2 Å². The van der Waals surface area contributed by atoms with Crippen molar-refractivity contribution in [2.24, 2.45) is 0 Å². The van der Waals surface area contributed by atoms with Crippen molar-refractivity contribution in [3.8, 4) is 11.3 Å². The van der Waals surface area contributed by atoms with Crippen molar-refractivity contribution in [2.75, 3.05) is 25.1 Å². The molecule has 2 unspecified atom stereocenters. The number of carbonyl (C=O) groups is 1. The zero-order chi connectivity index (χ0) is 19.5. The summed E-state index contributed by atoms with van der Waals surface area (Å²) >= 11 is 1.53. The molecule has 0 radical (unpaired) electrons. The third-order valence-electron chi connectivity index (χ3n) is 5.58. The molecule has 1 aromatic carbocycles. The number of hydrogen-bond donors (Lipinski definition) is 2. The van der Waals surface area contributed by atoms with Gasteiger partial charge in [0.2, 0.25) is 5.91 Å². The summed E-state index contributed by atoms with van der Waals surface area (Å²) < 4.78 is 5.45. The Kier molecular flexibility index (Phi) is 6.06. The Bertz CT molecular complexity index is 804. The number of rotatable bonds is 5. The molecule has 4 rings (SSSR count). The number of aliphatic hydroxyl groups is 1. The lowest BCUT2D eigenvalue weighted by Gasteiger charge is -2.34. The number of nitrogens with zero attached hydrogens (tertiary/aromatic N) is 2. The van der Waals surface area contributed by atoms with Gasteiger partial charge in [-0.1, -0.05) is 37.3 Å². The number of ether oxygens (including phenoxy) is 1. The van der Waals surface area contributed by atoms with Crippen LogP contribution >= 0.6 is 11.3 Å². The summed E-state index contributed by atoms with van der Waals surface area (Å²) in [5.74, 6) is -0.0703. The normalized spacial score (nSPS) is 23.8. The molecule has 6 nitrogen and oxygen atoms in total. The van der Waals surface area contributed by atoms with E-state index in [1.54, 1.807) is 0 Å². The van der Waals surface area contributed by atoms with Gasteiger partial charge >= 0.3 is 0 Å². The maximum Gasteiger partial charge on any atom is 0.243 e. The summed E-state index contributed by atoms with van der Waals surface area (Å²) in [6.07, 6.45) is 2.70. The molecular formula is C21H27N3O3S. The Morgan fingerprint density at radius 3 is 2.79 bits per heavy atom. The Morgan fingerprint density at radius 2 is 2.07 bits per heavy atom. The van der Waals surface area contributed by atoms with Gasteiger partial charge in [0.25, 0.3) is 0 Å². The fourth-order valence-electron chi connectivity index (χ4n) is 4.17. The van der Waals surface area contributed by atoms with Crippen LogP contribution in [-0.4, -0.2) is 58.8 Å². The predicted octanol–water partition coefficient (Wildman–Crippen LogP) is 2.93. The van der Waals surface area contributed by atoms with E-state index in [4.69, 9.17) is 9.72 Å². The van der Waals surface area contributed by atoms with Gasteiger partial charge in [-0.05, 0) is 25.7 Å². The summed E-state index contributed by atoms with van der Waals surface area (Å²) in [5.41, 5.74) is 2.01. The molecule has 0 spiro atoms. The first-order valence-electron chi connectivity index (χ1n) is 10.0. The number of aromatic nitrogens is 1. The Balaban J connectivity index is 1.50. The fraction of sp³-hybridized carbons (Fsp3) is 0.524. The lowest BCUT2D eigenvalue weighted by atomic mass is 10.1. The number of aliphatic hydroxyl groups excluding tert-OH is 1. The molecule has 2 aliphatic heterocycles. The van der Waals surface area contributed by atoms with Crippen LogP contribution in [0.4, 0.5) is 5.13 Å². The number of benzene rings is 1. The van der Waals surface area contributed by atoms with Gasteiger partial charge in [0.15, 0.2) is 5.13 Å². The molecule has 28 heavy (non-hydrogen) atoms. The number of hydrogen-bond acceptors (Lipinski definition) is 6. The van der Waals surface area contributed by atoms with Gasteiger partial charge in [0.05, 0.1) is 17.8 Å². The number of aryl methyl sites for hydroxylation is 1. The van der Waals surface area contributed by atoms with Crippen molar-refractivity contribution in [1.82, 2.24) is 9.88 Å². The van der Waals surface area contributed by atoms with Crippen molar-refractivity contribution in [2.45, 2.75) is 50.8 Å². The average molecular weight is 402 g/mol. The van der Waals surface area contributed by atoms with E-state index in [-0.39, 0.29) is 11.9 Å². The smallest absolute Gasteiger partial charge is 0.243 e. The summed E-state index contributed by atoms with van der Waals surface area (Å²) in [7, 11) is 0. The van der Waals surface area contributed by atoms with E-state index in [9.17, 15) is 9.90 Å². The predicted molar refractivity (Wildman–Crippen MR) is 111 cm³/mol. The average Bonchev–Trinajstić information content (AvgIpc) is 3.32. The third kappa shape index (κ3) is 4.12. The monoisotopic (exact) mass is 401 g/mol. The molecule has 1 amide bonds. The molecule has 150 valence electrons. The zero-order valence-corrected chi connectivity index (χ0v) is 17.0. The number of β-amino-alcohol motifs (C(OH)–C–C–N with tert-alkyl or cyclic N) is 1. The van der Waals surface area contributed by atoms with Crippen molar-refractivity contribution >= 4 is 22.4 Å². The number of anilines is 1. The van der Waals surface area contributed by atoms with E-state index >= 15 is 0 Å². The standard InChI is InChI=1S/C21H27N3O3S/c1-2-18-19(14-6-4-3-5-7-14)22-21(28-18)23-20(26)17-12-16(25)13-24(17)15-8-10-27-11-9-15/h3-7,15-17,25H,2,8-13H2,1H3,(H,22,23,26). The largest absolute Gasteiger partial charge is 0.392 e. The number of carbonyl (C=O) groups excluding carboxylic acids is 1. The maximum absolute atomic E-state index is 13.0. The second-order valence-electron chi connectivity index (χ2n) is 7.45. The van der Waals surface area contributed by atoms with Crippen LogP contribution in [0.5, 0.6) is 0 Å². The molecule has 0 aliphatic carbocycles. The van der Waals surface area contributed by atoms with E-state index < -0.39 is 6.10 Å². The summed E-state index contributed by atoms with van der Waals surface area (Å²) in [6.45, 7) is 4.10. The van der Waals surface area contributed by atoms with Gasteiger partial charge in [0, 0.05) is 36.2 Å². The second-order valence-corrected chi connectivity index (χ2v) is 8.53.